The van der Waals surface area contributed by atoms with Crippen molar-refractivity contribution in [1.29, 1.82) is 0 Å². The normalized spacial score (nSPS) is 18.9. The Bertz CT molecular complexity index is 2470. The highest BCUT2D eigenvalue weighted by Gasteiger charge is 2.67. The molecule has 2 heterocycles. The highest BCUT2D eigenvalue weighted by Crippen LogP contribution is 2.48. The van der Waals surface area contributed by atoms with Gasteiger partial charge in [0.05, 0.1) is 0 Å². The molecule has 4 fully saturated rings. The van der Waals surface area contributed by atoms with Gasteiger partial charge in [0.25, 0.3) is 11.8 Å². The van der Waals surface area contributed by atoms with E-state index in [-0.39, 0.29) is 55.0 Å². The molecule has 2 aliphatic heterocycles. The second-order valence-electron chi connectivity index (χ2n) is 20.8. The summed E-state index contributed by atoms with van der Waals surface area (Å²) in [7, 11) is 0. The van der Waals surface area contributed by atoms with Crippen molar-refractivity contribution in [1.82, 2.24) is 9.80 Å². The number of hydrogen-bond donors (Lipinski definition) is 2. The molecule has 8 amide bonds. The molecule has 0 aromatic heterocycles. The molecule has 2 N–H and O–H groups in total. The maximum absolute atomic E-state index is 16.2. The van der Waals surface area contributed by atoms with Gasteiger partial charge in [-0.25, -0.2) is 23.8 Å². The summed E-state index contributed by atoms with van der Waals surface area (Å²) in [6.45, 7) is 15.9. The van der Waals surface area contributed by atoms with Gasteiger partial charge in [-0.3, -0.25) is 29.0 Å². The number of benzene rings is 4. The van der Waals surface area contributed by atoms with Crippen LogP contribution in [-0.2, 0) is 19.2 Å². The van der Waals surface area contributed by atoms with E-state index in [2.05, 4.69) is 10.6 Å². The fraction of sp³-hybridized carbons (Fsp3) is 0.464. The van der Waals surface area contributed by atoms with Gasteiger partial charge in [-0.15, -0.1) is 0 Å². The minimum atomic E-state index is -2.14. The van der Waals surface area contributed by atoms with Crippen LogP contribution in [0.2, 0.25) is 5.02 Å². The van der Waals surface area contributed by atoms with Gasteiger partial charge in [-0.2, -0.15) is 0 Å². The number of imide groups is 2. The Labute approximate surface area is 416 Å². The summed E-state index contributed by atoms with van der Waals surface area (Å²) in [4.78, 5) is 100. The lowest BCUT2D eigenvalue weighted by atomic mass is 9.79. The topological polar surface area (TPSA) is 139 Å². The zero-order chi connectivity index (χ0) is 50.4. The van der Waals surface area contributed by atoms with Crippen LogP contribution in [0.1, 0.15) is 166 Å². The Morgan fingerprint density at radius 1 is 0.514 bits per heavy atom. The first-order chi connectivity index (χ1) is 33.3. The zero-order valence-corrected chi connectivity index (χ0v) is 42.4. The molecular formula is C56H66ClFN6O6. The van der Waals surface area contributed by atoms with Gasteiger partial charge in [-0.1, -0.05) is 154 Å². The fourth-order valence-corrected chi connectivity index (χ4v) is 11.8. The predicted octanol–water partition coefficient (Wildman–Crippen LogP) is 12.6. The third-order valence-electron chi connectivity index (χ3n) is 15.0. The Morgan fingerprint density at radius 3 is 1.20 bits per heavy atom. The molecule has 4 aromatic rings. The lowest BCUT2D eigenvalue weighted by Gasteiger charge is -2.38. The van der Waals surface area contributed by atoms with Crippen LogP contribution in [0.25, 0.3) is 0 Å². The highest BCUT2D eigenvalue weighted by molar-refractivity contribution is 6.31. The third kappa shape index (κ3) is 8.76. The summed E-state index contributed by atoms with van der Waals surface area (Å²) in [6, 6.07) is 17.2. The Morgan fingerprint density at radius 2 is 0.857 bits per heavy atom. The van der Waals surface area contributed by atoms with Gasteiger partial charge < -0.3 is 10.6 Å². The number of rotatable bonds is 13. The molecule has 2 spiro atoms. The molecular weight excluding hydrogens is 907 g/mol. The number of halogens is 2. The molecule has 8 rings (SSSR count). The van der Waals surface area contributed by atoms with Crippen molar-refractivity contribution in [2.75, 3.05) is 20.4 Å². The number of nitrogens with zero attached hydrogens (tertiary/aromatic N) is 4. The number of carbonyl (C=O) groups is 6. The average molecular weight is 974 g/mol. The molecule has 2 aliphatic carbocycles. The van der Waals surface area contributed by atoms with E-state index in [1.54, 1.807) is 30.3 Å². The first-order valence-electron chi connectivity index (χ1n) is 25.1. The minimum Gasteiger partial charge on any atom is -0.324 e. The van der Waals surface area contributed by atoms with Crippen LogP contribution < -0.4 is 20.4 Å². The first-order valence-corrected chi connectivity index (χ1v) is 25.5. The van der Waals surface area contributed by atoms with Crippen molar-refractivity contribution in [3.8, 4) is 0 Å². The van der Waals surface area contributed by atoms with E-state index in [1.165, 1.54) is 28.0 Å². The van der Waals surface area contributed by atoms with Crippen LogP contribution in [0.3, 0.4) is 0 Å². The van der Waals surface area contributed by atoms with Crippen molar-refractivity contribution in [3.63, 3.8) is 0 Å². The van der Waals surface area contributed by atoms with Crippen LogP contribution in [0.4, 0.5) is 36.7 Å². The molecule has 370 valence electrons. The van der Waals surface area contributed by atoms with Gasteiger partial charge in [0.2, 0.25) is 11.8 Å². The first kappa shape index (κ1) is 50.3. The van der Waals surface area contributed by atoms with E-state index < -0.39 is 64.7 Å². The van der Waals surface area contributed by atoms with E-state index in [1.807, 2.05) is 91.8 Å². The van der Waals surface area contributed by atoms with Crippen LogP contribution in [0, 0.1) is 5.82 Å². The van der Waals surface area contributed by atoms with Crippen molar-refractivity contribution in [2.24, 2.45) is 0 Å². The molecule has 2 saturated carbocycles. The standard InChI is InChI=1S/C56H66ClFN6O6/c1-33(2)41-23-17-24-42(34(3)4)45(41)59-49(65)47(61-51(67)55(27-11-9-12-28-55)63(53(61)69)39-21-15-19-37(57)31-39)48(50(66)60-46-43(35(5)6)25-18-26-44(46)36(7)8)62-52(68)56(29-13-10-14-30-56)64(54(62)70)40-22-16-20-38(58)32-40/h15-26,31-36,47-48H,9-14,27-30H2,1-8H3,(H,59,65)(H,60,66). The molecule has 12 nitrogen and oxygen atoms in total. The SMILES string of the molecule is CC(C)c1cccc(C(C)C)c1NC(=O)C(C(C(=O)Nc1c(C(C)C)cccc1C(C)C)N1C(=O)N(c2cccc(Cl)c2)C2(CCCCC2)C1=O)N1C(=O)N(c2cccc(F)c2)C2(CCCCC2)C1=O. The number of urea groups is 2. The van der Waals surface area contributed by atoms with Crippen LogP contribution >= 0.6 is 11.6 Å². The molecule has 14 heteroatoms. The average Bonchev–Trinajstić information content (AvgIpc) is 3.64. The van der Waals surface area contributed by atoms with E-state index in [0.717, 1.165) is 44.9 Å². The second kappa shape index (κ2) is 20.0. The van der Waals surface area contributed by atoms with Gasteiger partial charge in [0.1, 0.15) is 16.9 Å². The summed E-state index contributed by atoms with van der Waals surface area (Å²) in [5.41, 5.74) is 1.28. The van der Waals surface area contributed by atoms with Crippen molar-refractivity contribution >= 4 is 70.0 Å². The summed E-state index contributed by atoms with van der Waals surface area (Å²) in [6.07, 6.45) is 4.70. The summed E-state index contributed by atoms with van der Waals surface area (Å²) >= 11 is 6.59. The Kier molecular flexibility index (Phi) is 14.4. The summed E-state index contributed by atoms with van der Waals surface area (Å²) < 4.78 is 15.3. The van der Waals surface area contributed by atoms with Crippen LogP contribution in [-0.4, -0.2) is 68.7 Å². The highest BCUT2D eigenvalue weighted by atomic mass is 35.5. The van der Waals surface area contributed by atoms with Crippen LogP contribution in [0.15, 0.2) is 84.9 Å². The summed E-state index contributed by atoms with van der Waals surface area (Å²) in [5, 5.41) is 6.57. The van der Waals surface area contributed by atoms with E-state index in [4.69, 9.17) is 11.6 Å². The van der Waals surface area contributed by atoms with Crippen LogP contribution in [0.5, 0.6) is 0 Å². The molecule has 0 radical (unpaired) electrons. The van der Waals surface area contributed by atoms with E-state index in [0.29, 0.717) is 47.8 Å². The molecule has 0 bridgehead atoms. The van der Waals surface area contributed by atoms with Crippen molar-refractivity contribution in [2.45, 2.75) is 166 Å². The van der Waals surface area contributed by atoms with Gasteiger partial charge in [0, 0.05) is 27.8 Å². The number of anilines is 4. The van der Waals surface area contributed by atoms with E-state index >= 15 is 33.2 Å². The fourth-order valence-electron chi connectivity index (χ4n) is 11.6. The Hall–Kier alpha value is -6.08. The number of carbonyl (C=O) groups excluding carboxylic acids is 6. The third-order valence-corrected chi connectivity index (χ3v) is 15.2. The number of nitrogens with one attached hydrogen (secondary N) is 2. The predicted molar refractivity (Wildman–Crippen MR) is 273 cm³/mol. The molecule has 2 saturated heterocycles. The zero-order valence-electron chi connectivity index (χ0n) is 41.6. The minimum absolute atomic E-state index is 0.101. The molecule has 4 aromatic carbocycles. The Balaban J connectivity index is 1.42. The van der Waals surface area contributed by atoms with Crippen molar-refractivity contribution in [3.05, 3.63) is 118 Å². The molecule has 2 atom stereocenters. The lowest BCUT2D eigenvalue weighted by Crippen LogP contribution is -2.65. The molecule has 4 aliphatic rings. The molecule has 70 heavy (non-hydrogen) atoms. The van der Waals surface area contributed by atoms with E-state index in [9.17, 15) is 0 Å². The smallest absolute Gasteiger partial charge is 0.324 e. The number of hydrogen-bond acceptors (Lipinski definition) is 6. The maximum atomic E-state index is 16.2. The number of para-hydroxylation sites is 2. The van der Waals surface area contributed by atoms with Gasteiger partial charge in [0.15, 0.2) is 12.1 Å². The quantitative estimate of drug-likeness (QED) is 0.128. The summed E-state index contributed by atoms with van der Waals surface area (Å²) in [5.74, 6) is -4.49. The molecule has 2 unspecified atom stereocenters. The largest absolute Gasteiger partial charge is 0.333 e. The second-order valence-corrected chi connectivity index (χ2v) is 21.3. The van der Waals surface area contributed by atoms with Crippen molar-refractivity contribution < 1.29 is 33.2 Å². The van der Waals surface area contributed by atoms with Gasteiger partial charge >= 0.3 is 12.1 Å². The number of amides is 8. The monoisotopic (exact) mass is 972 g/mol. The maximum Gasteiger partial charge on any atom is 0.333 e. The lowest BCUT2D eigenvalue weighted by molar-refractivity contribution is -0.145. The van der Waals surface area contributed by atoms with Gasteiger partial charge in [-0.05, 0) is 108 Å².